The molecule has 0 bridgehead atoms. The third-order valence-electron chi connectivity index (χ3n) is 9.38. The third kappa shape index (κ3) is 9.79. The van der Waals surface area contributed by atoms with Gasteiger partial charge in [0.25, 0.3) is 0 Å². The third-order valence-corrected chi connectivity index (χ3v) is 9.68. The van der Waals surface area contributed by atoms with Crippen LogP contribution >= 0.6 is 11.6 Å². The maximum absolute atomic E-state index is 13.5. The summed E-state index contributed by atoms with van der Waals surface area (Å²) in [5, 5.41) is 25.0. The molecule has 0 atom stereocenters. The second kappa shape index (κ2) is 18.5. The Morgan fingerprint density at radius 1 is 0.929 bits per heavy atom. The Hall–Kier alpha value is -6.03. The Balaban J connectivity index is 1.24. The van der Waals surface area contributed by atoms with Gasteiger partial charge in [0.05, 0.1) is 22.7 Å². The summed E-state index contributed by atoms with van der Waals surface area (Å²) < 4.78 is 44.4. The van der Waals surface area contributed by atoms with E-state index in [2.05, 4.69) is 26.7 Å². The van der Waals surface area contributed by atoms with E-state index in [0.29, 0.717) is 71.6 Å². The minimum atomic E-state index is -2.98. The second-order valence-electron chi connectivity index (χ2n) is 13.1. The second-order valence-corrected chi connectivity index (χ2v) is 13.6. The number of rotatable bonds is 17. The molecule has 3 N–H and O–H groups in total. The zero-order valence-corrected chi connectivity index (χ0v) is 31.6. The molecule has 0 amide bonds. The number of nitriles is 1. The highest BCUT2D eigenvalue weighted by Crippen LogP contribution is 2.38. The van der Waals surface area contributed by atoms with E-state index in [4.69, 9.17) is 30.9 Å². The molecule has 1 aromatic heterocycles. The zero-order chi connectivity index (χ0) is 39.6. The molecule has 6 rings (SSSR count). The first-order valence-corrected chi connectivity index (χ1v) is 18.4. The molecule has 0 unspecified atom stereocenters. The van der Waals surface area contributed by atoms with E-state index in [9.17, 15) is 18.8 Å². The predicted molar refractivity (Wildman–Crippen MR) is 210 cm³/mol. The minimum absolute atomic E-state index is 0.0558. The maximum atomic E-state index is 13.5. The Labute approximate surface area is 328 Å². The predicted octanol–water partition coefficient (Wildman–Crippen LogP) is 8.62. The van der Waals surface area contributed by atoms with Crippen LogP contribution in [0.5, 0.6) is 17.2 Å². The molecule has 0 saturated heterocycles. The summed E-state index contributed by atoms with van der Waals surface area (Å²) in [5.74, 6) is 0.662. The number of ether oxygens (including phenoxy) is 3. The number of aromatic nitrogens is 1. The van der Waals surface area contributed by atoms with E-state index in [0.717, 1.165) is 44.5 Å². The van der Waals surface area contributed by atoms with Gasteiger partial charge in [-0.1, -0.05) is 54.1 Å². The number of aliphatic imine (C=N–C) groups is 1. The lowest BCUT2D eigenvalue weighted by Gasteiger charge is -2.19. The molecule has 10 nitrogen and oxygen atoms in total. The van der Waals surface area contributed by atoms with Crippen LogP contribution < -0.4 is 24.8 Å². The van der Waals surface area contributed by atoms with Gasteiger partial charge in [0, 0.05) is 49.1 Å². The number of carboxylic acids is 1. The number of benzene rings is 4. The average Bonchev–Trinajstić information content (AvgIpc) is 3.72. The van der Waals surface area contributed by atoms with E-state index in [-0.39, 0.29) is 25.4 Å². The number of hydrogen-bond donors (Lipinski definition) is 3. The van der Waals surface area contributed by atoms with Crippen LogP contribution in [-0.4, -0.2) is 48.1 Å². The molecule has 56 heavy (non-hydrogen) atoms. The monoisotopic (exact) mass is 779 g/mol. The highest BCUT2D eigenvalue weighted by atomic mass is 35.5. The van der Waals surface area contributed by atoms with Gasteiger partial charge in [-0.3, -0.25) is 14.8 Å². The van der Waals surface area contributed by atoms with Crippen LogP contribution in [0.2, 0.25) is 5.02 Å². The number of hydrogen-bond acceptors (Lipinski definition) is 9. The molecular formula is C43H40ClF2N5O5. The molecule has 13 heteroatoms. The van der Waals surface area contributed by atoms with Gasteiger partial charge in [0.15, 0.2) is 0 Å². The number of nitrogens with zero attached hydrogens (tertiary/aromatic N) is 3. The van der Waals surface area contributed by atoms with Gasteiger partial charge in [0.2, 0.25) is 0 Å². The van der Waals surface area contributed by atoms with Crippen molar-refractivity contribution in [2.45, 2.75) is 53.1 Å². The van der Waals surface area contributed by atoms with Crippen molar-refractivity contribution in [3.05, 3.63) is 129 Å². The lowest BCUT2D eigenvalue weighted by molar-refractivity contribution is -0.137. The van der Waals surface area contributed by atoms with Gasteiger partial charge in [-0.05, 0) is 90.0 Å². The van der Waals surface area contributed by atoms with E-state index < -0.39 is 12.6 Å². The Morgan fingerprint density at radius 2 is 1.70 bits per heavy atom. The molecule has 0 saturated carbocycles. The van der Waals surface area contributed by atoms with Crippen molar-refractivity contribution in [2.24, 2.45) is 4.99 Å². The van der Waals surface area contributed by atoms with Gasteiger partial charge < -0.3 is 30.0 Å². The van der Waals surface area contributed by atoms with Crippen LogP contribution in [0.3, 0.4) is 0 Å². The Bertz CT molecular complexity index is 2290. The first-order chi connectivity index (χ1) is 27.1. The summed E-state index contributed by atoms with van der Waals surface area (Å²) in [4.78, 5) is 19.4. The molecule has 288 valence electrons. The smallest absolute Gasteiger partial charge is 0.387 e. The van der Waals surface area contributed by atoms with Gasteiger partial charge in [-0.2, -0.15) is 14.0 Å². The van der Waals surface area contributed by atoms with Crippen molar-refractivity contribution in [3.63, 3.8) is 0 Å². The first kappa shape index (κ1) is 39.7. The normalized spacial score (nSPS) is 12.2. The fraction of sp³-hybridized carbons (Fsp3) is 0.256. The summed E-state index contributed by atoms with van der Waals surface area (Å²) >= 11 is 6.76. The summed E-state index contributed by atoms with van der Waals surface area (Å²) in [6, 6.07) is 24.5. The molecule has 0 fully saturated rings. The van der Waals surface area contributed by atoms with E-state index >= 15 is 0 Å². The molecule has 1 aliphatic rings. The lowest BCUT2D eigenvalue weighted by atomic mass is 9.89. The summed E-state index contributed by atoms with van der Waals surface area (Å²) in [5.41, 5.74) is 8.84. The molecule has 5 aromatic rings. The van der Waals surface area contributed by atoms with Crippen molar-refractivity contribution in [3.8, 4) is 45.6 Å². The molecular weight excluding hydrogens is 740 g/mol. The highest BCUT2D eigenvalue weighted by molar-refractivity contribution is 6.32. The Kier molecular flexibility index (Phi) is 13.1. The van der Waals surface area contributed by atoms with Crippen molar-refractivity contribution < 1.29 is 32.9 Å². The number of halogens is 3. The van der Waals surface area contributed by atoms with E-state index in [1.165, 1.54) is 6.20 Å². The van der Waals surface area contributed by atoms with Crippen molar-refractivity contribution in [1.29, 1.82) is 5.26 Å². The van der Waals surface area contributed by atoms with E-state index in [1.54, 1.807) is 36.5 Å². The topological polar surface area (TPSA) is 138 Å². The number of nitrogens with one attached hydrogen (secondary N) is 2. The largest absolute Gasteiger partial charge is 0.488 e. The maximum Gasteiger partial charge on any atom is 0.387 e. The molecule has 0 spiro atoms. The van der Waals surface area contributed by atoms with Crippen LogP contribution in [0, 0.1) is 25.2 Å². The lowest BCUT2D eigenvalue weighted by Crippen LogP contribution is -2.21. The zero-order valence-electron chi connectivity index (χ0n) is 30.9. The van der Waals surface area contributed by atoms with Crippen LogP contribution in [-0.2, 0) is 24.6 Å². The fourth-order valence-electron chi connectivity index (χ4n) is 6.52. The molecule has 0 radical (unpaired) electrons. The molecule has 1 aliphatic heterocycles. The highest BCUT2D eigenvalue weighted by Gasteiger charge is 2.20. The van der Waals surface area contributed by atoms with Gasteiger partial charge in [-0.15, -0.1) is 0 Å². The number of alkyl halides is 2. The summed E-state index contributed by atoms with van der Waals surface area (Å²) in [6.45, 7) is 3.47. The van der Waals surface area contributed by atoms with Crippen LogP contribution in [0.1, 0.15) is 51.8 Å². The SMILES string of the molecule is Cc1c(COc2cc(OCc3cncc(C#N)c3)c(CNCCCC(=O)O)cc2Cl)cccc1-c1cccc(-c2ccc(C3=NCCN3)c(OC(F)F)c2)c1C. The average molecular weight is 780 g/mol. The number of aliphatic carboxylic acids is 1. The first-order valence-electron chi connectivity index (χ1n) is 18.0. The van der Waals surface area contributed by atoms with Crippen LogP contribution in [0.25, 0.3) is 22.3 Å². The molecule has 2 heterocycles. The molecule has 0 aliphatic carbocycles. The fourth-order valence-corrected chi connectivity index (χ4v) is 6.76. The van der Waals surface area contributed by atoms with Gasteiger partial charge in [0.1, 0.15) is 42.4 Å². The number of amidine groups is 1. The van der Waals surface area contributed by atoms with Crippen LogP contribution in [0.4, 0.5) is 8.78 Å². The number of pyridine rings is 1. The Morgan fingerprint density at radius 3 is 2.45 bits per heavy atom. The summed E-state index contributed by atoms with van der Waals surface area (Å²) in [6.07, 6.45) is 3.63. The quantitative estimate of drug-likeness (QED) is 0.0792. The van der Waals surface area contributed by atoms with Gasteiger partial charge >= 0.3 is 12.6 Å². The van der Waals surface area contributed by atoms with Crippen molar-refractivity contribution >= 4 is 23.4 Å². The van der Waals surface area contributed by atoms with Crippen molar-refractivity contribution in [2.75, 3.05) is 19.6 Å². The van der Waals surface area contributed by atoms with Gasteiger partial charge in [-0.25, -0.2) is 0 Å². The standard InChI is InChI=1S/C43H40ClF2N5O5/c1-26-31(25-55-40-19-38(54-24-29-16-28(20-47)21-49-22-29)32(17-37(40)44)23-48-13-5-10-41(52)53)6-3-8-34(26)35-9-4-7-33(27(35)2)30-11-12-36(42-50-14-15-51-42)39(18-30)56-43(45)46/h3-4,6-9,11-12,16-19,21-22,43,48H,5,10,13-15,23-25H2,1-2H3,(H,50,51)(H,52,53). The number of carbonyl (C=O) groups is 1. The molecule has 4 aromatic carbocycles. The summed E-state index contributed by atoms with van der Waals surface area (Å²) in [7, 11) is 0. The van der Waals surface area contributed by atoms with E-state index in [1.807, 2.05) is 56.3 Å². The minimum Gasteiger partial charge on any atom is -0.488 e. The number of carboxylic acid groups (broad SMARTS) is 1. The van der Waals surface area contributed by atoms with Crippen molar-refractivity contribution in [1.82, 2.24) is 15.6 Å². The van der Waals surface area contributed by atoms with Crippen LogP contribution in [0.15, 0.2) is 90.2 Å².